The number of anilines is 2. The molecule has 0 saturated carbocycles. The third kappa shape index (κ3) is 4.45. The second kappa shape index (κ2) is 8.69. The molecule has 2 aromatic rings. The van der Waals surface area contributed by atoms with Crippen LogP contribution in [0.4, 0.5) is 11.9 Å². The first-order valence-electron chi connectivity index (χ1n) is 10.3. The molecule has 9 heteroatoms. The zero-order valence-electron chi connectivity index (χ0n) is 17.2. The van der Waals surface area contributed by atoms with Crippen LogP contribution >= 0.6 is 0 Å². The lowest BCUT2D eigenvalue weighted by Crippen LogP contribution is -2.49. The van der Waals surface area contributed by atoms with E-state index in [4.69, 9.17) is 0 Å². The minimum atomic E-state index is -0.0300. The summed E-state index contributed by atoms with van der Waals surface area (Å²) in [5.74, 6) is 1.35. The number of hydrogen-bond acceptors (Lipinski definition) is 8. The Labute approximate surface area is 171 Å². The molecule has 2 saturated heterocycles. The first kappa shape index (κ1) is 19.5. The van der Waals surface area contributed by atoms with E-state index in [2.05, 4.69) is 41.6 Å². The largest absolute Gasteiger partial charge is 0.338 e. The molecule has 0 unspecified atom stereocenters. The predicted octanol–water partition coefficient (Wildman–Crippen LogP) is 0.679. The van der Waals surface area contributed by atoms with E-state index in [9.17, 15) is 4.79 Å². The summed E-state index contributed by atoms with van der Waals surface area (Å²) in [6.07, 6.45) is 3.48. The molecule has 0 spiro atoms. The number of carbonyl (C=O) groups is 1. The van der Waals surface area contributed by atoms with Crippen LogP contribution in [0.15, 0.2) is 24.5 Å². The Morgan fingerprint density at radius 3 is 2.17 bits per heavy atom. The molecular weight excluding hydrogens is 368 g/mol. The highest BCUT2D eigenvalue weighted by molar-refractivity contribution is 5.92. The minimum absolute atomic E-state index is 0.0300. The Morgan fingerprint density at radius 2 is 1.52 bits per heavy atom. The molecule has 0 bridgehead atoms. The van der Waals surface area contributed by atoms with Crippen molar-refractivity contribution in [3.63, 3.8) is 0 Å². The van der Waals surface area contributed by atoms with Crippen molar-refractivity contribution < 1.29 is 4.79 Å². The van der Waals surface area contributed by atoms with Gasteiger partial charge in [0.25, 0.3) is 5.91 Å². The van der Waals surface area contributed by atoms with Crippen LogP contribution in [0.3, 0.4) is 0 Å². The number of amides is 1. The lowest BCUT2D eigenvalue weighted by molar-refractivity contribution is 0.0740. The summed E-state index contributed by atoms with van der Waals surface area (Å²) in [5.41, 5.74) is 1.31. The molecule has 154 valence electrons. The van der Waals surface area contributed by atoms with Gasteiger partial charge in [-0.15, -0.1) is 0 Å². The second-order valence-corrected chi connectivity index (χ2v) is 7.44. The van der Waals surface area contributed by atoms with E-state index in [1.54, 1.807) is 24.5 Å². The van der Waals surface area contributed by atoms with Gasteiger partial charge < -0.3 is 19.6 Å². The predicted molar refractivity (Wildman–Crippen MR) is 111 cm³/mol. The van der Waals surface area contributed by atoms with Crippen molar-refractivity contribution in [2.24, 2.45) is 0 Å². The van der Waals surface area contributed by atoms with Crippen LogP contribution in [0, 0.1) is 6.92 Å². The lowest BCUT2D eigenvalue weighted by atomic mass is 10.2. The molecular formula is C20H28N8O. The summed E-state index contributed by atoms with van der Waals surface area (Å²) in [6, 6.07) is 3.60. The van der Waals surface area contributed by atoms with Gasteiger partial charge in [-0.1, -0.05) is 6.92 Å². The maximum atomic E-state index is 13.1. The van der Waals surface area contributed by atoms with E-state index < -0.39 is 0 Å². The van der Waals surface area contributed by atoms with Gasteiger partial charge in [0.1, 0.15) is 5.69 Å². The van der Waals surface area contributed by atoms with E-state index in [-0.39, 0.29) is 5.91 Å². The van der Waals surface area contributed by atoms with Gasteiger partial charge in [-0.2, -0.15) is 0 Å². The summed E-state index contributed by atoms with van der Waals surface area (Å²) >= 11 is 0. The number of nitrogens with zero attached hydrogens (tertiary/aromatic N) is 8. The Bertz CT molecular complexity index is 830. The normalized spacial score (nSPS) is 18.2. The Morgan fingerprint density at radius 1 is 0.897 bits per heavy atom. The fourth-order valence-electron chi connectivity index (χ4n) is 3.79. The number of piperazine rings is 2. The minimum Gasteiger partial charge on any atom is -0.338 e. The van der Waals surface area contributed by atoms with Crippen molar-refractivity contribution in [3.8, 4) is 0 Å². The summed E-state index contributed by atoms with van der Waals surface area (Å²) in [5, 5.41) is 0. The van der Waals surface area contributed by atoms with Gasteiger partial charge in [-0.3, -0.25) is 4.79 Å². The quantitative estimate of drug-likeness (QED) is 0.746. The summed E-state index contributed by atoms with van der Waals surface area (Å²) in [7, 11) is 0. The van der Waals surface area contributed by atoms with E-state index in [1.807, 2.05) is 11.8 Å². The van der Waals surface area contributed by atoms with Gasteiger partial charge in [0.15, 0.2) is 0 Å². The monoisotopic (exact) mass is 396 g/mol. The molecule has 1 amide bonds. The fourth-order valence-corrected chi connectivity index (χ4v) is 3.79. The number of likely N-dealkylation sites (N-methyl/N-ethyl adjacent to an activating group) is 1. The molecule has 0 N–H and O–H groups in total. The van der Waals surface area contributed by atoms with Crippen LogP contribution in [-0.2, 0) is 0 Å². The van der Waals surface area contributed by atoms with Crippen molar-refractivity contribution in [2.45, 2.75) is 13.8 Å². The van der Waals surface area contributed by atoms with Crippen LogP contribution in [0.5, 0.6) is 0 Å². The fraction of sp³-hybridized carbons (Fsp3) is 0.550. The molecule has 2 aliphatic heterocycles. The number of aryl methyl sites for hydroxylation is 1. The zero-order chi connectivity index (χ0) is 20.2. The Hall–Kier alpha value is -2.81. The van der Waals surface area contributed by atoms with E-state index in [0.717, 1.165) is 38.4 Å². The molecule has 0 aromatic carbocycles. The highest BCUT2D eigenvalue weighted by atomic mass is 16.2. The van der Waals surface area contributed by atoms with Crippen LogP contribution in [0.1, 0.15) is 23.1 Å². The SMILES string of the molecule is CCN1CCN(c2nc(C)cc(C(=O)N3CCN(c4ncccn4)CC3)n2)CC1. The van der Waals surface area contributed by atoms with Crippen molar-refractivity contribution in [3.05, 3.63) is 35.9 Å². The standard InChI is InChI=1S/C20H28N8O/c1-3-25-7-9-28(10-8-25)20-23-16(2)15-17(24-20)18(29)26-11-13-27(14-12-26)19-21-5-4-6-22-19/h4-6,15H,3,7-14H2,1-2H3. The topological polar surface area (TPSA) is 81.6 Å². The number of rotatable bonds is 4. The average Bonchev–Trinajstić information content (AvgIpc) is 2.79. The van der Waals surface area contributed by atoms with Crippen LogP contribution in [0.2, 0.25) is 0 Å². The van der Waals surface area contributed by atoms with Crippen molar-refractivity contribution >= 4 is 17.8 Å². The Balaban J connectivity index is 1.42. The van der Waals surface area contributed by atoms with Crippen molar-refractivity contribution in [1.82, 2.24) is 29.7 Å². The zero-order valence-corrected chi connectivity index (χ0v) is 17.2. The first-order chi connectivity index (χ1) is 14.1. The third-order valence-corrected chi connectivity index (χ3v) is 5.57. The van der Waals surface area contributed by atoms with Gasteiger partial charge in [-0.05, 0) is 25.6 Å². The summed E-state index contributed by atoms with van der Waals surface area (Å²) in [4.78, 5) is 39.5. The van der Waals surface area contributed by atoms with Crippen molar-refractivity contribution in [1.29, 1.82) is 0 Å². The lowest BCUT2D eigenvalue weighted by Gasteiger charge is -2.35. The maximum Gasteiger partial charge on any atom is 0.272 e. The number of hydrogen-bond donors (Lipinski definition) is 0. The smallest absolute Gasteiger partial charge is 0.272 e. The number of carbonyl (C=O) groups excluding carboxylic acids is 1. The van der Waals surface area contributed by atoms with Gasteiger partial charge in [0, 0.05) is 70.4 Å². The molecule has 4 heterocycles. The number of aromatic nitrogens is 4. The Kier molecular flexibility index (Phi) is 5.84. The van der Waals surface area contributed by atoms with Gasteiger partial charge in [-0.25, -0.2) is 19.9 Å². The van der Waals surface area contributed by atoms with Crippen LogP contribution < -0.4 is 9.80 Å². The molecule has 0 radical (unpaired) electrons. The molecule has 4 rings (SSSR count). The van der Waals surface area contributed by atoms with E-state index in [1.165, 1.54) is 0 Å². The van der Waals surface area contributed by atoms with Crippen LogP contribution in [-0.4, -0.2) is 94.5 Å². The summed E-state index contributed by atoms with van der Waals surface area (Å²) in [6.45, 7) is 11.6. The maximum absolute atomic E-state index is 13.1. The highest BCUT2D eigenvalue weighted by Crippen LogP contribution is 2.16. The van der Waals surface area contributed by atoms with Gasteiger partial charge in [0.2, 0.25) is 11.9 Å². The second-order valence-electron chi connectivity index (χ2n) is 7.44. The summed E-state index contributed by atoms with van der Waals surface area (Å²) < 4.78 is 0. The molecule has 2 fully saturated rings. The van der Waals surface area contributed by atoms with E-state index >= 15 is 0 Å². The first-order valence-corrected chi connectivity index (χ1v) is 10.3. The molecule has 0 atom stereocenters. The molecule has 2 aliphatic rings. The van der Waals surface area contributed by atoms with Gasteiger partial charge in [0.05, 0.1) is 0 Å². The van der Waals surface area contributed by atoms with Gasteiger partial charge >= 0.3 is 0 Å². The molecule has 29 heavy (non-hydrogen) atoms. The van der Waals surface area contributed by atoms with E-state index in [0.29, 0.717) is 43.8 Å². The molecule has 0 aliphatic carbocycles. The third-order valence-electron chi connectivity index (χ3n) is 5.57. The molecule has 9 nitrogen and oxygen atoms in total. The molecule has 2 aromatic heterocycles. The van der Waals surface area contributed by atoms with Crippen molar-refractivity contribution in [2.75, 3.05) is 68.7 Å². The van der Waals surface area contributed by atoms with Crippen LogP contribution in [0.25, 0.3) is 0 Å². The average molecular weight is 396 g/mol. The highest BCUT2D eigenvalue weighted by Gasteiger charge is 2.26.